The van der Waals surface area contributed by atoms with Crippen molar-refractivity contribution in [3.8, 4) is 11.4 Å². The SMILES string of the molecule is CN(C(=O)OC(C)(C)C)c1nc2[nH]c(-c3ccc(F)c(CN)n3)cc2c2c1ncn2C. The number of aromatic amines is 1. The molecule has 0 spiro atoms. The summed E-state index contributed by atoms with van der Waals surface area (Å²) in [5, 5.41) is 0.798. The number of fused-ring (bicyclic) bond motifs is 3. The summed E-state index contributed by atoms with van der Waals surface area (Å²) in [6.07, 6.45) is 1.12. The highest BCUT2D eigenvalue weighted by Crippen LogP contribution is 2.33. The number of ether oxygens (including phenoxy) is 1. The molecule has 0 fully saturated rings. The van der Waals surface area contributed by atoms with E-state index in [2.05, 4.69) is 19.9 Å². The number of aromatic nitrogens is 5. The first-order valence-corrected chi connectivity index (χ1v) is 9.75. The number of carbonyl (C=O) groups is 1. The Bertz CT molecular complexity index is 1300. The topological polar surface area (TPSA) is 115 Å². The molecule has 0 bridgehead atoms. The molecular formula is C21H24FN7O2. The van der Waals surface area contributed by atoms with Gasteiger partial charge >= 0.3 is 6.09 Å². The minimum atomic E-state index is -0.646. The average molecular weight is 425 g/mol. The summed E-state index contributed by atoms with van der Waals surface area (Å²) in [5.41, 5.74) is 8.20. The molecule has 1 amide bonds. The lowest BCUT2D eigenvalue weighted by molar-refractivity contribution is 0.0588. The highest BCUT2D eigenvalue weighted by Gasteiger charge is 2.25. The van der Waals surface area contributed by atoms with Crippen LogP contribution in [0.1, 0.15) is 26.5 Å². The fourth-order valence-corrected chi connectivity index (χ4v) is 3.35. The maximum absolute atomic E-state index is 13.8. The van der Waals surface area contributed by atoms with Crippen LogP contribution in [0.2, 0.25) is 0 Å². The Kier molecular flexibility index (Phi) is 4.89. The lowest BCUT2D eigenvalue weighted by Gasteiger charge is -2.24. The van der Waals surface area contributed by atoms with E-state index in [0.29, 0.717) is 28.4 Å². The van der Waals surface area contributed by atoms with Crippen LogP contribution in [0.25, 0.3) is 33.5 Å². The van der Waals surface area contributed by atoms with Crippen molar-refractivity contribution >= 4 is 34.0 Å². The second-order valence-corrected chi connectivity index (χ2v) is 8.30. The van der Waals surface area contributed by atoms with Gasteiger partial charge in [0, 0.05) is 26.0 Å². The largest absolute Gasteiger partial charge is 0.443 e. The van der Waals surface area contributed by atoms with Crippen molar-refractivity contribution < 1.29 is 13.9 Å². The molecule has 4 rings (SSSR count). The first-order valence-electron chi connectivity index (χ1n) is 9.75. The number of nitrogens with two attached hydrogens (primary N) is 1. The van der Waals surface area contributed by atoms with Gasteiger partial charge in [-0.25, -0.2) is 24.1 Å². The quantitative estimate of drug-likeness (QED) is 0.519. The van der Waals surface area contributed by atoms with Gasteiger partial charge in [-0.05, 0) is 39.0 Å². The number of carbonyl (C=O) groups excluding carboxylic acids is 1. The molecular weight excluding hydrogens is 401 g/mol. The van der Waals surface area contributed by atoms with E-state index >= 15 is 0 Å². The van der Waals surface area contributed by atoms with Crippen molar-refractivity contribution in [2.24, 2.45) is 12.8 Å². The van der Waals surface area contributed by atoms with Gasteiger partial charge in [-0.3, -0.25) is 4.90 Å². The molecule has 9 nitrogen and oxygen atoms in total. The lowest BCUT2D eigenvalue weighted by atomic mass is 10.2. The molecule has 0 unspecified atom stereocenters. The molecule has 162 valence electrons. The van der Waals surface area contributed by atoms with E-state index in [1.54, 1.807) is 40.2 Å². The number of anilines is 1. The maximum atomic E-state index is 13.8. The molecule has 31 heavy (non-hydrogen) atoms. The van der Waals surface area contributed by atoms with Crippen molar-refractivity contribution in [1.29, 1.82) is 0 Å². The molecule has 0 atom stereocenters. The van der Waals surface area contributed by atoms with Crippen molar-refractivity contribution in [3.63, 3.8) is 0 Å². The molecule has 0 radical (unpaired) electrons. The van der Waals surface area contributed by atoms with E-state index in [4.69, 9.17) is 10.5 Å². The predicted molar refractivity (Wildman–Crippen MR) is 116 cm³/mol. The van der Waals surface area contributed by atoms with E-state index in [-0.39, 0.29) is 12.2 Å². The molecule has 0 aliphatic heterocycles. The van der Waals surface area contributed by atoms with Crippen LogP contribution in [0.4, 0.5) is 15.0 Å². The summed E-state index contributed by atoms with van der Waals surface area (Å²) in [6, 6.07) is 4.79. The Morgan fingerprint density at radius 1 is 1.32 bits per heavy atom. The predicted octanol–water partition coefficient (Wildman–Crippen LogP) is 3.48. The molecule has 10 heteroatoms. The van der Waals surface area contributed by atoms with Crippen LogP contribution in [0, 0.1) is 5.82 Å². The Morgan fingerprint density at radius 3 is 2.74 bits per heavy atom. The molecule has 0 aliphatic carbocycles. The summed E-state index contributed by atoms with van der Waals surface area (Å²) in [7, 11) is 3.45. The third-order valence-corrected chi connectivity index (χ3v) is 4.79. The average Bonchev–Trinajstić information content (AvgIpc) is 3.29. The van der Waals surface area contributed by atoms with Gasteiger partial charge in [0.1, 0.15) is 22.6 Å². The number of halogens is 1. The fourth-order valence-electron chi connectivity index (χ4n) is 3.35. The van der Waals surface area contributed by atoms with Crippen LogP contribution in [0.15, 0.2) is 24.5 Å². The van der Waals surface area contributed by atoms with Gasteiger partial charge in [-0.15, -0.1) is 0 Å². The van der Waals surface area contributed by atoms with Crippen LogP contribution in [0.5, 0.6) is 0 Å². The van der Waals surface area contributed by atoms with Gasteiger partial charge in [-0.2, -0.15) is 0 Å². The number of imidazole rings is 1. The molecule has 0 saturated carbocycles. The molecule has 0 saturated heterocycles. The molecule has 0 aromatic carbocycles. The highest BCUT2D eigenvalue weighted by molar-refractivity contribution is 6.09. The summed E-state index contributed by atoms with van der Waals surface area (Å²) in [5.74, 6) is -0.0868. The zero-order valence-electron chi connectivity index (χ0n) is 18.0. The number of rotatable bonds is 3. The Morgan fingerprint density at radius 2 is 2.06 bits per heavy atom. The molecule has 4 aromatic rings. The zero-order valence-corrected chi connectivity index (χ0v) is 18.0. The molecule has 4 aromatic heterocycles. The Labute approximate surface area is 178 Å². The number of nitrogens with one attached hydrogen (secondary N) is 1. The molecule has 0 aliphatic rings. The number of hydrogen-bond acceptors (Lipinski definition) is 6. The lowest BCUT2D eigenvalue weighted by Crippen LogP contribution is -2.34. The van der Waals surface area contributed by atoms with Crippen LogP contribution < -0.4 is 10.6 Å². The summed E-state index contributed by atoms with van der Waals surface area (Å²) in [6.45, 7) is 5.39. The van der Waals surface area contributed by atoms with E-state index in [0.717, 1.165) is 10.9 Å². The van der Waals surface area contributed by atoms with Crippen LogP contribution in [-0.2, 0) is 18.3 Å². The van der Waals surface area contributed by atoms with Gasteiger partial charge in [-0.1, -0.05) is 0 Å². The Balaban J connectivity index is 1.88. The summed E-state index contributed by atoms with van der Waals surface area (Å²) < 4.78 is 21.2. The first-order chi connectivity index (χ1) is 14.6. The maximum Gasteiger partial charge on any atom is 0.415 e. The number of H-pyrrole nitrogens is 1. The number of pyridine rings is 2. The van der Waals surface area contributed by atoms with Crippen LogP contribution in [-0.4, -0.2) is 43.2 Å². The molecule has 3 N–H and O–H groups in total. The third kappa shape index (κ3) is 3.70. The number of hydrogen-bond donors (Lipinski definition) is 2. The van der Waals surface area contributed by atoms with Crippen LogP contribution in [0.3, 0.4) is 0 Å². The van der Waals surface area contributed by atoms with Crippen LogP contribution >= 0.6 is 0 Å². The van der Waals surface area contributed by atoms with Crippen molar-refractivity contribution in [1.82, 2.24) is 24.5 Å². The third-order valence-electron chi connectivity index (χ3n) is 4.79. The zero-order chi connectivity index (χ0) is 22.5. The van der Waals surface area contributed by atoms with Gasteiger partial charge < -0.3 is 20.0 Å². The fraction of sp³-hybridized carbons (Fsp3) is 0.333. The second kappa shape index (κ2) is 7.31. The van der Waals surface area contributed by atoms with Crippen molar-refractivity contribution in [2.75, 3.05) is 11.9 Å². The summed E-state index contributed by atoms with van der Waals surface area (Å²) >= 11 is 0. The number of aryl methyl sites for hydroxylation is 1. The monoisotopic (exact) mass is 425 g/mol. The van der Waals surface area contributed by atoms with Gasteiger partial charge in [0.2, 0.25) is 0 Å². The standard InChI is InChI=1S/C21H24FN7O2/c1-21(2,3)31-20(30)29(5)19-16-17(28(4)10-24-16)11-8-14(26-18(11)27-19)13-7-6-12(22)15(9-23)25-13/h6-8,10H,9,23H2,1-5H3,(H,26,27). The van der Waals surface area contributed by atoms with E-state index in [1.807, 2.05) is 17.7 Å². The number of nitrogens with zero attached hydrogens (tertiary/aromatic N) is 5. The van der Waals surface area contributed by atoms with E-state index in [1.165, 1.54) is 11.0 Å². The van der Waals surface area contributed by atoms with E-state index < -0.39 is 17.5 Å². The van der Waals surface area contributed by atoms with E-state index in [9.17, 15) is 9.18 Å². The van der Waals surface area contributed by atoms with Crippen molar-refractivity contribution in [3.05, 3.63) is 36.0 Å². The van der Waals surface area contributed by atoms with Gasteiger partial charge in [0.25, 0.3) is 0 Å². The minimum Gasteiger partial charge on any atom is -0.443 e. The van der Waals surface area contributed by atoms with Gasteiger partial charge in [0.15, 0.2) is 5.82 Å². The molecule has 4 heterocycles. The number of amides is 1. The van der Waals surface area contributed by atoms with Gasteiger partial charge in [0.05, 0.1) is 28.9 Å². The van der Waals surface area contributed by atoms with Crippen molar-refractivity contribution in [2.45, 2.75) is 32.9 Å². The normalized spacial score (nSPS) is 12.0. The Hall–Kier alpha value is -3.53. The minimum absolute atomic E-state index is 0.00500. The summed E-state index contributed by atoms with van der Waals surface area (Å²) in [4.78, 5) is 30.6. The first kappa shape index (κ1) is 20.7. The second-order valence-electron chi connectivity index (χ2n) is 8.30. The smallest absolute Gasteiger partial charge is 0.415 e. The highest BCUT2D eigenvalue weighted by atomic mass is 19.1.